The predicted molar refractivity (Wildman–Crippen MR) is 70.6 cm³/mol. The number of hydrogen-bond donors (Lipinski definition) is 0. The van der Waals surface area contributed by atoms with E-state index >= 15 is 0 Å². The molecule has 88 valence electrons. The fourth-order valence-corrected chi connectivity index (χ4v) is 2.28. The summed E-state index contributed by atoms with van der Waals surface area (Å²) in [4.78, 5) is 10.8. The fourth-order valence-electron chi connectivity index (χ4n) is 1.59. The summed E-state index contributed by atoms with van der Waals surface area (Å²) in [5.74, 6) is 0. The van der Waals surface area contributed by atoms with Gasteiger partial charge in [-0.25, -0.2) is 4.68 Å². The second-order valence-electron chi connectivity index (χ2n) is 3.66. The molecule has 0 N–H and O–H groups in total. The topological polar surface area (TPSA) is 34.9 Å². The second-order valence-corrected chi connectivity index (χ2v) is 4.87. The molecule has 0 unspecified atom stereocenters. The monoisotopic (exact) mass is 312 g/mol. The number of aldehydes is 1. The molecular weight excluding hydrogens is 304 g/mol. The maximum atomic E-state index is 10.8. The van der Waals surface area contributed by atoms with Gasteiger partial charge in [0.1, 0.15) is 5.15 Å². The highest BCUT2D eigenvalue weighted by atomic mass is 79.9. The van der Waals surface area contributed by atoms with Crippen molar-refractivity contribution in [3.05, 3.63) is 50.7 Å². The predicted octanol–water partition coefficient (Wildman–Crippen LogP) is 3.47. The van der Waals surface area contributed by atoms with Crippen LogP contribution in [0.2, 0.25) is 5.15 Å². The molecule has 17 heavy (non-hydrogen) atoms. The van der Waals surface area contributed by atoms with E-state index in [0.29, 0.717) is 23.0 Å². The van der Waals surface area contributed by atoms with E-state index in [1.807, 2.05) is 24.3 Å². The molecule has 0 fully saturated rings. The Bertz CT molecular complexity index is 566. The average molecular weight is 314 g/mol. The Kier molecular flexibility index (Phi) is 3.64. The van der Waals surface area contributed by atoms with Gasteiger partial charge in [0.2, 0.25) is 0 Å². The van der Waals surface area contributed by atoms with Gasteiger partial charge >= 0.3 is 0 Å². The number of hydrogen-bond acceptors (Lipinski definition) is 2. The lowest BCUT2D eigenvalue weighted by atomic mass is 10.2. The number of benzene rings is 1. The van der Waals surface area contributed by atoms with E-state index < -0.39 is 0 Å². The summed E-state index contributed by atoms with van der Waals surface area (Å²) in [6.07, 6.45) is 0.737. The number of carbonyl (C=O) groups is 1. The van der Waals surface area contributed by atoms with Crippen LogP contribution >= 0.6 is 27.5 Å². The molecule has 0 aliphatic heterocycles. The minimum absolute atomic E-state index is 0.383. The minimum Gasteiger partial charge on any atom is -0.298 e. The van der Waals surface area contributed by atoms with Gasteiger partial charge in [-0.05, 0) is 18.6 Å². The Balaban J connectivity index is 2.37. The Morgan fingerprint density at radius 3 is 2.76 bits per heavy atom. The molecule has 1 heterocycles. The van der Waals surface area contributed by atoms with Crippen molar-refractivity contribution in [2.45, 2.75) is 13.5 Å². The third kappa shape index (κ3) is 2.42. The van der Waals surface area contributed by atoms with Crippen LogP contribution in [-0.4, -0.2) is 16.1 Å². The largest absolute Gasteiger partial charge is 0.298 e. The van der Waals surface area contributed by atoms with Crippen LogP contribution in [0.25, 0.3) is 0 Å². The van der Waals surface area contributed by atoms with Crippen LogP contribution in [0.3, 0.4) is 0 Å². The Morgan fingerprint density at radius 1 is 1.47 bits per heavy atom. The molecule has 0 aliphatic rings. The lowest BCUT2D eigenvalue weighted by molar-refractivity contribution is 0.112. The van der Waals surface area contributed by atoms with Gasteiger partial charge < -0.3 is 0 Å². The van der Waals surface area contributed by atoms with Crippen molar-refractivity contribution in [3.63, 3.8) is 0 Å². The first-order chi connectivity index (χ1) is 8.13. The summed E-state index contributed by atoms with van der Waals surface area (Å²) in [5, 5.41) is 4.63. The molecule has 1 aromatic carbocycles. The van der Waals surface area contributed by atoms with Crippen molar-refractivity contribution in [2.75, 3.05) is 0 Å². The van der Waals surface area contributed by atoms with E-state index in [9.17, 15) is 4.79 Å². The highest BCUT2D eigenvalue weighted by Crippen LogP contribution is 2.22. The molecule has 1 aromatic heterocycles. The molecule has 0 aliphatic carbocycles. The molecule has 0 bridgehead atoms. The molecule has 3 nitrogen and oxygen atoms in total. The van der Waals surface area contributed by atoms with Crippen molar-refractivity contribution >= 4 is 33.8 Å². The molecule has 0 atom stereocenters. The van der Waals surface area contributed by atoms with Crippen LogP contribution in [0, 0.1) is 6.92 Å². The van der Waals surface area contributed by atoms with Gasteiger partial charge in [0.25, 0.3) is 0 Å². The zero-order valence-corrected chi connectivity index (χ0v) is 11.5. The number of aromatic nitrogens is 2. The van der Waals surface area contributed by atoms with E-state index in [1.54, 1.807) is 11.6 Å². The van der Waals surface area contributed by atoms with Crippen LogP contribution in [0.1, 0.15) is 21.6 Å². The first kappa shape index (κ1) is 12.3. The first-order valence-electron chi connectivity index (χ1n) is 5.05. The molecule has 0 saturated heterocycles. The van der Waals surface area contributed by atoms with Gasteiger partial charge in [-0.1, -0.05) is 45.7 Å². The first-order valence-corrected chi connectivity index (χ1v) is 6.22. The molecule has 5 heteroatoms. The molecule has 0 saturated carbocycles. The highest BCUT2D eigenvalue weighted by molar-refractivity contribution is 9.10. The average Bonchev–Trinajstić information content (AvgIpc) is 2.57. The summed E-state index contributed by atoms with van der Waals surface area (Å²) >= 11 is 9.55. The van der Waals surface area contributed by atoms with Gasteiger partial charge in [-0.3, -0.25) is 4.79 Å². The van der Waals surface area contributed by atoms with Gasteiger partial charge in [-0.15, -0.1) is 0 Å². The van der Waals surface area contributed by atoms with E-state index in [2.05, 4.69) is 21.0 Å². The zero-order valence-electron chi connectivity index (χ0n) is 9.15. The normalized spacial score (nSPS) is 10.5. The van der Waals surface area contributed by atoms with Gasteiger partial charge in [0.05, 0.1) is 17.8 Å². The minimum atomic E-state index is 0.383. The summed E-state index contributed by atoms with van der Waals surface area (Å²) in [6.45, 7) is 2.31. The van der Waals surface area contributed by atoms with Gasteiger partial charge in [0.15, 0.2) is 6.29 Å². The third-order valence-corrected chi connectivity index (χ3v) is 3.68. The zero-order chi connectivity index (χ0) is 12.4. The number of rotatable bonds is 3. The van der Waals surface area contributed by atoms with Crippen LogP contribution in [0.15, 0.2) is 28.7 Å². The number of halogens is 2. The van der Waals surface area contributed by atoms with Crippen molar-refractivity contribution in [1.29, 1.82) is 0 Å². The van der Waals surface area contributed by atoms with Crippen molar-refractivity contribution in [3.8, 4) is 0 Å². The quantitative estimate of drug-likeness (QED) is 0.813. The van der Waals surface area contributed by atoms with Crippen molar-refractivity contribution in [2.24, 2.45) is 0 Å². The highest BCUT2D eigenvalue weighted by Gasteiger charge is 2.13. The molecular formula is C12H10BrClN2O. The fraction of sp³-hybridized carbons (Fsp3) is 0.167. The molecule has 2 aromatic rings. The molecule has 0 amide bonds. The van der Waals surface area contributed by atoms with E-state index in [1.165, 1.54) is 0 Å². The van der Waals surface area contributed by atoms with Gasteiger partial charge in [-0.2, -0.15) is 5.10 Å². The Labute approximate surface area is 113 Å². The summed E-state index contributed by atoms with van der Waals surface area (Å²) < 4.78 is 2.62. The van der Waals surface area contributed by atoms with Gasteiger partial charge in [0, 0.05) is 4.47 Å². The molecule has 0 spiro atoms. The molecule has 2 rings (SSSR count). The van der Waals surface area contributed by atoms with Crippen molar-refractivity contribution < 1.29 is 4.79 Å². The maximum absolute atomic E-state index is 10.8. The summed E-state index contributed by atoms with van der Waals surface area (Å²) in [7, 11) is 0. The van der Waals surface area contributed by atoms with E-state index in [0.717, 1.165) is 16.3 Å². The van der Waals surface area contributed by atoms with E-state index in [4.69, 9.17) is 11.6 Å². The third-order valence-electron chi connectivity index (χ3n) is 2.51. The van der Waals surface area contributed by atoms with Crippen LogP contribution in [0.4, 0.5) is 0 Å². The van der Waals surface area contributed by atoms with Crippen molar-refractivity contribution in [1.82, 2.24) is 9.78 Å². The smallest absolute Gasteiger partial charge is 0.155 e. The Morgan fingerprint density at radius 2 is 2.18 bits per heavy atom. The second kappa shape index (κ2) is 5.02. The number of carbonyl (C=O) groups excluding carboxylic acids is 1. The lowest BCUT2D eigenvalue weighted by Crippen LogP contribution is -2.02. The SMILES string of the molecule is Cc1nn(Cc2ccccc2Br)c(Cl)c1C=O. The molecule has 0 radical (unpaired) electrons. The van der Waals surface area contributed by atoms with Crippen LogP contribution in [0.5, 0.6) is 0 Å². The maximum Gasteiger partial charge on any atom is 0.155 e. The standard InChI is InChI=1S/C12H10BrClN2O/c1-8-10(7-17)12(14)16(15-8)6-9-4-2-3-5-11(9)13/h2-5,7H,6H2,1H3. The number of aryl methyl sites for hydroxylation is 1. The number of nitrogens with zero attached hydrogens (tertiary/aromatic N) is 2. The summed E-state index contributed by atoms with van der Waals surface area (Å²) in [6, 6.07) is 7.84. The Hall–Kier alpha value is -1.13. The van der Waals surface area contributed by atoms with Crippen LogP contribution in [-0.2, 0) is 6.54 Å². The lowest BCUT2D eigenvalue weighted by Gasteiger charge is -2.05. The van der Waals surface area contributed by atoms with E-state index in [-0.39, 0.29) is 0 Å². The van der Waals surface area contributed by atoms with Crippen LogP contribution < -0.4 is 0 Å². The summed E-state index contributed by atoms with van der Waals surface area (Å²) in [5.41, 5.74) is 2.17.